The highest BCUT2D eigenvalue weighted by molar-refractivity contribution is 5.96. The number of hydrogen-bond acceptors (Lipinski definition) is 4. The van der Waals surface area contributed by atoms with Crippen LogP contribution in [0, 0.1) is 6.92 Å². The van der Waals surface area contributed by atoms with Gasteiger partial charge in [0.15, 0.2) is 5.76 Å². The van der Waals surface area contributed by atoms with Gasteiger partial charge in [0.1, 0.15) is 5.58 Å². The summed E-state index contributed by atoms with van der Waals surface area (Å²) in [5.74, 6) is 0.363. The van der Waals surface area contributed by atoms with E-state index in [1.807, 2.05) is 43.0 Å². The average Bonchev–Trinajstić information content (AvgIpc) is 2.97. The Morgan fingerprint density at radius 3 is 2.70 bits per heavy atom. The minimum absolute atomic E-state index is 0.0467. The van der Waals surface area contributed by atoms with Crippen LogP contribution in [0.15, 0.2) is 28.7 Å². The molecule has 1 amide bonds. The SMILES string of the molecule is CCC(O)CN1CCN(C(=O)c2cc3cc(C)ccc3o2)CC1. The Balaban J connectivity index is 1.64. The number of fused-ring (bicyclic) bond motifs is 1. The number of aryl methyl sites for hydroxylation is 1. The van der Waals surface area contributed by atoms with Crippen molar-refractivity contribution in [2.24, 2.45) is 0 Å². The summed E-state index contributed by atoms with van der Waals surface area (Å²) in [6.07, 6.45) is 0.480. The van der Waals surface area contributed by atoms with Crippen molar-refractivity contribution in [3.8, 4) is 0 Å². The van der Waals surface area contributed by atoms with Gasteiger partial charge in [-0.05, 0) is 31.5 Å². The van der Waals surface area contributed by atoms with E-state index in [4.69, 9.17) is 4.42 Å². The molecule has 0 saturated carbocycles. The van der Waals surface area contributed by atoms with Crippen LogP contribution in [0.1, 0.15) is 29.5 Å². The number of hydrogen-bond donors (Lipinski definition) is 1. The Morgan fingerprint density at radius 1 is 1.26 bits per heavy atom. The number of aliphatic hydroxyl groups excluding tert-OH is 1. The van der Waals surface area contributed by atoms with Crippen molar-refractivity contribution in [1.82, 2.24) is 9.80 Å². The lowest BCUT2D eigenvalue weighted by atomic mass is 10.2. The Kier molecular flexibility index (Phi) is 4.68. The molecule has 0 spiro atoms. The second kappa shape index (κ2) is 6.72. The molecule has 5 nitrogen and oxygen atoms in total. The van der Waals surface area contributed by atoms with E-state index in [0.29, 0.717) is 25.4 Å². The van der Waals surface area contributed by atoms with Crippen molar-refractivity contribution >= 4 is 16.9 Å². The number of nitrogens with zero attached hydrogens (tertiary/aromatic N) is 2. The highest BCUT2D eigenvalue weighted by Gasteiger charge is 2.25. The summed E-state index contributed by atoms with van der Waals surface area (Å²) < 4.78 is 5.70. The average molecular weight is 316 g/mol. The fraction of sp³-hybridized carbons (Fsp3) is 0.500. The number of carbonyl (C=O) groups excluding carboxylic acids is 1. The van der Waals surface area contributed by atoms with Gasteiger partial charge in [-0.1, -0.05) is 18.6 Å². The van der Waals surface area contributed by atoms with Crippen LogP contribution in [0.4, 0.5) is 0 Å². The monoisotopic (exact) mass is 316 g/mol. The Hall–Kier alpha value is -1.85. The van der Waals surface area contributed by atoms with Crippen LogP contribution in [-0.4, -0.2) is 59.6 Å². The van der Waals surface area contributed by atoms with E-state index >= 15 is 0 Å². The first-order chi connectivity index (χ1) is 11.1. The highest BCUT2D eigenvalue weighted by atomic mass is 16.3. The molecule has 2 heterocycles. The summed E-state index contributed by atoms with van der Waals surface area (Å²) >= 11 is 0. The van der Waals surface area contributed by atoms with E-state index in [9.17, 15) is 9.90 Å². The normalized spacial score (nSPS) is 17.6. The van der Waals surface area contributed by atoms with Gasteiger partial charge < -0.3 is 14.4 Å². The lowest BCUT2D eigenvalue weighted by molar-refractivity contribution is 0.0502. The number of rotatable bonds is 4. The van der Waals surface area contributed by atoms with Gasteiger partial charge in [-0.25, -0.2) is 0 Å². The summed E-state index contributed by atoms with van der Waals surface area (Å²) in [5, 5.41) is 10.7. The fourth-order valence-corrected chi connectivity index (χ4v) is 2.98. The predicted molar refractivity (Wildman–Crippen MR) is 89.6 cm³/mol. The van der Waals surface area contributed by atoms with Crippen molar-refractivity contribution in [1.29, 1.82) is 0 Å². The first kappa shape index (κ1) is 16.0. The topological polar surface area (TPSA) is 56.9 Å². The van der Waals surface area contributed by atoms with Crippen molar-refractivity contribution in [3.05, 3.63) is 35.6 Å². The maximum Gasteiger partial charge on any atom is 0.289 e. The van der Waals surface area contributed by atoms with Gasteiger partial charge in [0.2, 0.25) is 0 Å². The van der Waals surface area contributed by atoms with E-state index in [1.165, 1.54) is 0 Å². The molecule has 1 unspecified atom stereocenters. The third kappa shape index (κ3) is 3.57. The van der Waals surface area contributed by atoms with E-state index in [0.717, 1.165) is 36.0 Å². The summed E-state index contributed by atoms with van der Waals surface area (Å²) in [6, 6.07) is 7.75. The molecular weight excluding hydrogens is 292 g/mol. The van der Waals surface area contributed by atoms with Crippen LogP contribution < -0.4 is 0 Å². The van der Waals surface area contributed by atoms with Gasteiger partial charge in [0.05, 0.1) is 6.10 Å². The third-order valence-electron chi connectivity index (χ3n) is 4.48. The Labute approximate surface area is 136 Å². The first-order valence-corrected chi connectivity index (χ1v) is 8.26. The molecular formula is C18H24N2O3. The van der Waals surface area contributed by atoms with Gasteiger partial charge in [-0.3, -0.25) is 9.69 Å². The minimum atomic E-state index is -0.282. The number of furan rings is 1. The lowest BCUT2D eigenvalue weighted by Crippen LogP contribution is -2.50. The van der Waals surface area contributed by atoms with E-state index < -0.39 is 0 Å². The van der Waals surface area contributed by atoms with Crippen molar-refractivity contribution in [2.75, 3.05) is 32.7 Å². The van der Waals surface area contributed by atoms with Gasteiger partial charge in [-0.2, -0.15) is 0 Å². The number of β-amino-alcohol motifs (C(OH)–C–C–N with tert-alkyl or cyclic N) is 1. The Morgan fingerprint density at radius 2 is 2.00 bits per heavy atom. The molecule has 0 bridgehead atoms. The summed E-state index contributed by atoms with van der Waals surface area (Å²) in [4.78, 5) is 16.6. The number of aliphatic hydroxyl groups is 1. The van der Waals surface area contributed by atoms with Crippen LogP contribution >= 0.6 is 0 Å². The van der Waals surface area contributed by atoms with Crippen molar-refractivity contribution in [2.45, 2.75) is 26.4 Å². The molecule has 1 fully saturated rings. The predicted octanol–water partition coefficient (Wildman–Crippen LogP) is 2.27. The molecule has 1 atom stereocenters. The molecule has 1 N–H and O–H groups in total. The molecule has 124 valence electrons. The zero-order valence-corrected chi connectivity index (χ0v) is 13.8. The molecule has 2 aromatic rings. The molecule has 0 aliphatic carbocycles. The van der Waals surface area contributed by atoms with E-state index in [2.05, 4.69) is 4.90 Å². The van der Waals surface area contributed by atoms with Gasteiger partial charge >= 0.3 is 0 Å². The number of benzene rings is 1. The number of amides is 1. The van der Waals surface area contributed by atoms with Crippen LogP contribution in [-0.2, 0) is 0 Å². The smallest absolute Gasteiger partial charge is 0.289 e. The molecule has 3 rings (SSSR count). The molecule has 1 aromatic heterocycles. The van der Waals surface area contributed by atoms with E-state index in [1.54, 1.807) is 0 Å². The maximum atomic E-state index is 12.6. The molecule has 0 radical (unpaired) electrons. The number of carbonyl (C=O) groups is 1. The van der Waals surface area contributed by atoms with Crippen LogP contribution in [0.2, 0.25) is 0 Å². The number of piperazine rings is 1. The second-order valence-electron chi connectivity index (χ2n) is 6.31. The molecule has 5 heteroatoms. The molecule has 1 aromatic carbocycles. The zero-order chi connectivity index (χ0) is 16.4. The fourth-order valence-electron chi connectivity index (χ4n) is 2.98. The third-order valence-corrected chi connectivity index (χ3v) is 4.48. The quantitative estimate of drug-likeness (QED) is 0.940. The van der Waals surface area contributed by atoms with E-state index in [-0.39, 0.29) is 12.0 Å². The lowest BCUT2D eigenvalue weighted by Gasteiger charge is -2.35. The zero-order valence-electron chi connectivity index (χ0n) is 13.8. The summed E-state index contributed by atoms with van der Waals surface area (Å²) in [6.45, 7) is 7.62. The summed E-state index contributed by atoms with van der Waals surface area (Å²) in [7, 11) is 0. The van der Waals surface area contributed by atoms with Crippen molar-refractivity contribution < 1.29 is 14.3 Å². The standard InChI is InChI=1S/C18H24N2O3/c1-3-15(21)12-19-6-8-20(9-7-19)18(22)17-11-14-10-13(2)4-5-16(14)23-17/h4-5,10-11,15,21H,3,6-9,12H2,1-2H3. The highest BCUT2D eigenvalue weighted by Crippen LogP contribution is 2.22. The van der Waals surface area contributed by atoms with Crippen LogP contribution in [0.25, 0.3) is 11.0 Å². The molecule has 1 aliphatic heterocycles. The maximum absolute atomic E-state index is 12.6. The first-order valence-electron chi connectivity index (χ1n) is 8.26. The van der Waals surface area contributed by atoms with Crippen LogP contribution in [0.5, 0.6) is 0 Å². The second-order valence-corrected chi connectivity index (χ2v) is 6.31. The summed E-state index contributed by atoms with van der Waals surface area (Å²) in [5.41, 5.74) is 1.91. The van der Waals surface area contributed by atoms with Crippen molar-refractivity contribution in [3.63, 3.8) is 0 Å². The van der Waals surface area contributed by atoms with Gasteiger partial charge in [0.25, 0.3) is 5.91 Å². The van der Waals surface area contributed by atoms with Crippen LogP contribution in [0.3, 0.4) is 0 Å². The molecule has 1 saturated heterocycles. The Bertz CT molecular complexity index is 687. The van der Waals surface area contributed by atoms with Gasteiger partial charge in [-0.15, -0.1) is 0 Å². The molecule has 1 aliphatic rings. The minimum Gasteiger partial charge on any atom is -0.451 e. The van der Waals surface area contributed by atoms with Gasteiger partial charge in [0, 0.05) is 38.1 Å². The largest absolute Gasteiger partial charge is 0.451 e. The molecule has 23 heavy (non-hydrogen) atoms.